The average Bonchev–Trinajstić information content (AvgIpc) is 3.08. The second kappa shape index (κ2) is 5.00. The first kappa shape index (κ1) is 12.3. The minimum atomic E-state index is 0.100. The normalized spacial score (nSPS) is 15.9. The monoisotopic (exact) mass is 235 g/mol. The zero-order valence-corrected chi connectivity index (χ0v) is 10.9. The highest BCUT2D eigenvalue weighted by atomic mass is 16.5. The quantitative estimate of drug-likeness (QED) is 0.849. The number of rotatable bonds is 5. The second-order valence-electron chi connectivity index (χ2n) is 5.70. The lowest BCUT2D eigenvalue weighted by atomic mass is 10.1. The molecule has 0 aromatic carbocycles. The van der Waals surface area contributed by atoms with Crippen LogP contribution in [0.1, 0.15) is 39.3 Å². The van der Waals surface area contributed by atoms with Crippen LogP contribution in [-0.4, -0.2) is 22.1 Å². The molecule has 0 aliphatic heterocycles. The van der Waals surface area contributed by atoms with Crippen molar-refractivity contribution in [3.63, 3.8) is 0 Å². The molecule has 1 heterocycles. The van der Waals surface area contributed by atoms with Crippen LogP contribution in [0.5, 0.6) is 5.88 Å². The fraction of sp³-hybridized carbons (Fsp3) is 0.692. The fourth-order valence-electron chi connectivity index (χ4n) is 1.35. The number of hydrogen-bond acceptors (Lipinski definition) is 4. The SMILES string of the molecule is CC(C)(C)NCc1cnc(OCC2CC2)cn1. The molecule has 0 spiro atoms. The summed E-state index contributed by atoms with van der Waals surface area (Å²) in [5, 5.41) is 3.37. The van der Waals surface area contributed by atoms with Gasteiger partial charge in [0.2, 0.25) is 5.88 Å². The molecule has 17 heavy (non-hydrogen) atoms. The Balaban J connectivity index is 1.79. The Morgan fingerprint density at radius 2 is 2.06 bits per heavy atom. The highest BCUT2D eigenvalue weighted by molar-refractivity contribution is 5.07. The number of nitrogens with zero attached hydrogens (tertiary/aromatic N) is 2. The van der Waals surface area contributed by atoms with Crippen molar-refractivity contribution in [3.8, 4) is 5.88 Å². The zero-order chi connectivity index (χ0) is 12.3. The van der Waals surface area contributed by atoms with Crippen LogP contribution < -0.4 is 10.1 Å². The number of nitrogens with one attached hydrogen (secondary N) is 1. The third-order valence-electron chi connectivity index (χ3n) is 2.65. The lowest BCUT2D eigenvalue weighted by Gasteiger charge is -2.19. The molecule has 1 fully saturated rings. The molecule has 0 bridgehead atoms. The van der Waals surface area contributed by atoms with Gasteiger partial charge in [-0.05, 0) is 39.5 Å². The van der Waals surface area contributed by atoms with Gasteiger partial charge in [-0.25, -0.2) is 4.98 Å². The lowest BCUT2D eigenvalue weighted by molar-refractivity contribution is 0.286. The summed E-state index contributed by atoms with van der Waals surface area (Å²) in [6.45, 7) is 7.92. The summed E-state index contributed by atoms with van der Waals surface area (Å²) < 4.78 is 5.54. The molecular weight excluding hydrogens is 214 g/mol. The maximum atomic E-state index is 5.54. The summed E-state index contributed by atoms with van der Waals surface area (Å²) in [6.07, 6.45) is 6.07. The van der Waals surface area contributed by atoms with Gasteiger partial charge in [0.1, 0.15) is 0 Å². The van der Waals surface area contributed by atoms with Crippen LogP contribution >= 0.6 is 0 Å². The van der Waals surface area contributed by atoms with Crippen molar-refractivity contribution in [1.82, 2.24) is 15.3 Å². The summed E-state index contributed by atoms with van der Waals surface area (Å²) in [4.78, 5) is 8.58. The van der Waals surface area contributed by atoms with Crippen molar-refractivity contribution in [1.29, 1.82) is 0 Å². The smallest absolute Gasteiger partial charge is 0.232 e. The molecule has 1 aromatic rings. The Morgan fingerprint density at radius 1 is 1.29 bits per heavy atom. The second-order valence-corrected chi connectivity index (χ2v) is 5.70. The van der Waals surface area contributed by atoms with Gasteiger partial charge in [0.25, 0.3) is 0 Å². The van der Waals surface area contributed by atoms with Crippen molar-refractivity contribution < 1.29 is 4.74 Å². The van der Waals surface area contributed by atoms with Crippen LogP contribution in [0.2, 0.25) is 0 Å². The van der Waals surface area contributed by atoms with Crippen molar-refractivity contribution in [3.05, 3.63) is 18.1 Å². The van der Waals surface area contributed by atoms with E-state index < -0.39 is 0 Å². The Morgan fingerprint density at radius 3 is 2.59 bits per heavy atom. The number of ether oxygens (including phenoxy) is 1. The predicted octanol–water partition coefficient (Wildman–Crippen LogP) is 2.15. The molecule has 1 aliphatic rings. The molecule has 4 heteroatoms. The van der Waals surface area contributed by atoms with E-state index in [-0.39, 0.29) is 5.54 Å². The first-order valence-electron chi connectivity index (χ1n) is 6.22. The molecular formula is C13H21N3O. The van der Waals surface area contributed by atoms with Crippen LogP contribution in [0.15, 0.2) is 12.4 Å². The zero-order valence-electron chi connectivity index (χ0n) is 10.9. The fourth-order valence-corrected chi connectivity index (χ4v) is 1.35. The standard InChI is InChI=1S/C13H21N3O/c1-13(2,3)16-7-11-6-15-12(8-14-11)17-9-10-4-5-10/h6,8,10,16H,4-5,7,9H2,1-3H3. The molecule has 0 amide bonds. The summed E-state index contributed by atoms with van der Waals surface area (Å²) in [6, 6.07) is 0. The first-order valence-corrected chi connectivity index (χ1v) is 6.22. The van der Waals surface area contributed by atoms with E-state index in [0.29, 0.717) is 5.88 Å². The van der Waals surface area contributed by atoms with Crippen molar-refractivity contribution in [2.75, 3.05) is 6.61 Å². The Bertz CT molecular complexity index is 352. The largest absolute Gasteiger partial charge is 0.476 e. The molecule has 1 aromatic heterocycles. The van der Waals surface area contributed by atoms with E-state index in [1.807, 2.05) is 0 Å². The van der Waals surface area contributed by atoms with E-state index in [4.69, 9.17) is 4.74 Å². The minimum Gasteiger partial charge on any atom is -0.476 e. The summed E-state index contributed by atoms with van der Waals surface area (Å²) in [7, 11) is 0. The molecule has 4 nitrogen and oxygen atoms in total. The van der Waals surface area contributed by atoms with Gasteiger partial charge < -0.3 is 10.1 Å². The van der Waals surface area contributed by atoms with Crippen LogP contribution in [0.25, 0.3) is 0 Å². The number of hydrogen-bond donors (Lipinski definition) is 1. The van der Waals surface area contributed by atoms with Gasteiger partial charge in [0.15, 0.2) is 0 Å². The lowest BCUT2D eigenvalue weighted by Crippen LogP contribution is -2.35. The summed E-state index contributed by atoms with van der Waals surface area (Å²) >= 11 is 0. The summed E-state index contributed by atoms with van der Waals surface area (Å²) in [5.41, 5.74) is 1.04. The Labute approximate surface area is 103 Å². The van der Waals surface area contributed by atoms with E-state index >= 15 is 0 Å². The molecule has 0 saturated heterocycles. The van der Waals surface area contributed by atoms with E-state index in [0.717, 1.165) is 24.8 Å². The molecule has 2 rings (SSSR count). The van der Waals surface area contributed by atoms with Gasteiger partial charge in [-0.15, -0.1) is 0 Å². The summed E-state index contributed by atoms with van der Waals surface area (Å²) in [5.74, 6) is 1.38. The van der Waals surface area contributed by atoms with Gasteiger partial charge >= 0.3 is 0 Å². The molecule has 94 valence electrons. The molecule has 0 unspecified atom stereocenters. The van der Waals surface area contributed by atoms with Crippen LogP contribution in [0.3, 0.4) is 0 Å². The van der Waals surface area contributed by atoms with E-state index in [9.17, 15) is 0 Å². The first-order chi connectivity index (χ1) is 8.03. The number of aromatic nitrogens is 2. The van der Waals surface area contributed by atoms with Crippen molar-refractivity contribution in [2.24, 2.45) is 5.92 Å². The van der Waals surface area contributed by atoms with E-state index in [1.54, 1.807) is 12.4 Å². The van der Waals surface area contributed by atoms with Crippen LogP contribution in [-0.2, 0) is 6.54 Å². The maximum absolute atomic E-state index is 5.54. The molecule has 1 aliphatic carbocycles. The van der Waals surface area contributed by atoms with Crippen molar-refractivity contribution >= 4 is 0 Å². The molecule has 1 saturated carbocycles. The van der Waals surface area contributed by atoms with Gasteiger partial charge in [-0.1, -0.05) is 0 Å². The van der Waals surface area contributed by atoms with Crippen LogP contribution in [0, 0.1) is 5.92 Å². The van der Waals surface area contributed by atoms with Gasteiger partial charge in [-0.2, -0.15) is 0 Å². The van der Waals surface area contributed by atoms with Gasteiger partial charge in [0.05, 0.1) is 24.7 Å². The molecule has 1 N–H and O–H groups in total. The van der Waals surface area contributed by atoms with E-state index in [2.05, 4.69) is 36.1 Å². The Kier molecular flexibility index (Phi) is 3.62. The van der Waals surface area contributed by atoms with Gasteiger partial charge in [-0.3, -0.25) is 4.98 Å². The topological polar surface area (TPSA) is 47.0 Å². The predicted molar refractivity (Wildman–Crippen MR) is 66.8 cm³/mol. The third-order valence-corrected chi connectivity index (χ3v) is 2.65. The van der Waals surface area contributed by atoms with Crippen molar-refractivity contribution in [2.45, 2.75) is 45.7 Å². The highest BCUT2D eigenvalue weighted by Gasteiger charge is 2.22. The third kappa shape index (κ3) is 4.69. The van der Waals surface area contributed by atoms with Crippen LogP contribution in [0.4, 0.5) is 0 Å². The highest BCUT2D eigenvalue weighted by Crippen LogP contribution is 2.29. The maximum Gasteiger partial charge on any atom is 0.232 e. The molecule has 0 radical (unpaired) electrons. The van der Waals surface area contributed by atoms with Gasteiger partial charge in [0, 0.05) is 12.1 Å². The minimum absolute atomic E-state index is 0.100. The molecule has 0 atom stereocenters. The average molecular weight is 235 g/mol. The van der Waals surface area contributed by atoms with E-state index in [1.165, 1.54) is 12.8 Å². The Hall–Kier alpha value is -1.16.